The van der Waals surface area contributed by atoms with Crippen molar-refractivity contribution in [3.8, 4) is 0 Å². The highest BCUT2D eigenvalue weighted by atomic mass is 16.4. The molecule has 0 spiro atoms. The van der Waals surface area contributed by atoms with Crippen molar-refractivity contribution in [1.82, 2.24) is 9.99 Å². The summed E-state index contributed by atoms with van der Waals surface area (Å²) in [6.45, 7) is 5.94. The van der Waals surface area contributed by atoms with E-state index in [-0.39, 0.29) is 17.4 Å². The van der Waals surface area contributed by atoms with Gasteiger partial charge in [-0.3, -0.25) is 5.41 Å². The van der Waals surface area contributed by atoms with Crippen LogP contribution in [-0.4, -0.2) is 21.5 Å². The van der Waals surface area contributed by atoms with E-state index in [0.717, 1.165) is 11.1 Å². The second-order valence-electron chi connectivity index (χ2n) is 5.06. The van der Waals surface area contributed by atoms with E-state index in [9.17, 15) is 9.90 Å². The van der Waals surface area contributed by atoms with Gasteiger partial charge in [-0.15, -0.1) is 0 Å². The summed E-state index contributed by atoms with van der Waals surface area (Å²) < 4.78 is 2.00. The fourth-order valence-corrected chi connectivity index (χ4v) is 2.41. The van der Waals surface area contributed by atoms with E-state index >= 15 is 0 Å². The standard InChI is InChI=1S/C14H18N4O2/c1-7(2)18-6-8(3)12-10(14(19)20)4-9(5-11(12)18)13(15)17-16/h4-7H,16H2,1-3H3,(H2,15,17)(H,19,20). The lowest BCUT2D eigenvalue weighted by molar-refractivity contribution is 0.0699. The number of nitrogens with one attached hydrogen (secondary N) is 2. The minimum Gasteiger partial charge on any atom is -0.478 e. The molecule has 20 heavy (non-hydrogen) atoms. The molecular formula is C14H18N4O2. The SMILES string of the molecule is Cc1cn(C(C)C)c2cc(C(=N)NN)cc(C(=O)O)c12. The smallest absolute Gasteiger partial charge is 0.336 e. The average molecular weight is 274 g/mol. The summed E-state index contributed by atoms with van der Waals surface area (Å²) in [4.78, 5) is 11.5. The Labute approximate surface area is 116 Å². The van der Waals surface area contributed by atoms with E-state index in [2.05, 4.69) is 5.43 Å². The number of fused-ring (bicyclic) bond motifs is 1. The van der Waals surface area contributed by atoms with Crippen LogP contribution in [0.4, 0.5) is 0 Å². The molecule has 6 nitrogen and oxygen atoms in total. The lowest BCUT2D eigenvalue weighted by atomic mass is 10.0. The number of aryl methyl sites for hydroxylation is 1. The van der Waals surface area contributed by atoms with Crippen molar-refractivity contribution in [2.24, 2.45) is 5.84 Å². The highest BCUT2D eigenvalue weighted by Gasteiger charge is 2.18. The lowest BCUT2D eigenvalue weighted by Gasteiger charge is -2.12. The van der Waals surface area contributed by atoms with Gasteiger partial charge in [0, 0.05) is 23.2 Å². The van der Waals surface area contributed by atoms with Gasteiger partial charge in [0.15, 0.2) is 0 Å². The second-order valence-corrected chi connectivity index (χ2v) is 5.06. The Morgan fingerprint density at radius 2 is 2.10 bits per heavy atom. The normalized spacial score (nSPS) is 11.1. The number of aromatic carboxylic acids is 1. The molecule has 106 valence electrons. The van der Waals surface area contributed by atoms with Crippen molar-refractivity contribution in [3.05, 3.63) is 35.0 Å². The molecule has 0 unspecified atom stereocenters. The molecule has 1 aromatic heterocycles. The number of hydrogen-bond donors (Lipinski definition) is 4. The number of amidine groups is 1. The average Bonchev–Trinajstić information content (AvgIpc) is 2.74. The Morgan fingerprint density at radius 3 is 2.60 bits per heavy atom. The third-order valence-electron chi connectivity index (χ3n) is 3.34. The van der Waals surface area contributed by atoms with E-state index in [1.54, 1.807) is 6.07 Å². The number of carboxylic acid groups (broad SMARTS) is 1. The Bertz CT molecular complexity index is 701. The zero-order valence-corrected chi connectivity index (χ0v) is 11.7. The first-order valence-corrected chi connectivity index (χ1v) is 6.30. The van der Waals surface area contributed by atoms with Crippen LogP contribution in [0.3, 0.4) is 0 Å². The van der Waals surface area contributed by atoms with E-state index in [4.69, 9.17) is 11.3 Å². The van der Waals surface area contributed by atoms with Gasteiger partial charge in [-0.25, -0.2) is 10.6 Å². The van der Waals surface area contributed by atoms with Crippen LogP contribution in [0.5, 0.6) is 0 Å². The second kappa shape index (κ2) is 4.97. The summed E-state index contributed by atoms with van der Waals surface area (Å²) >= 11 is 0. The number of rotatable bonds is 3. The van der Waals surface area contributed by atoms with Crippen molar-refractivity contribution in [2.75, 3.05) is 0 Å². The van der Waals surface area contributed by atoms with Crippen molar-refractivity contribution in [3.63, 3.8) is 0 Å². The number of benzene rings is 1. The number of nitrogens with two attached hydrogens (primary N) is 1. The topological polar surface area (TPSA) is 104 Å². The van der Waals surface area contributed by atoms with Gasteiger partial charge in [-0.05, 0) is 38.5 Å². The summed E-state index contributed by atoms with van der Waals surface area (Å²) in [7, 11) is 0. The number of carboxylic acids is 1. The number of hydrogen-bond acceptors (Lipinski definition) is 3. The summed E-state index contributed by atoms with van der Waals surface area (Å²) in [5.74, 6) is 4.23. The van der Waals surface area contributed by atoms with Gasteiger partial charge in [0.1, 0.15) is 5.84 Å². The molecule has 0 saturated heterocycles. The van der Waals surface area contributed by atoms with Crippen molar-refractivity contribution in [2.45, 2.75) is 26.8 Å². The monoisotopic (exact) mass is 274 g/mol. The Balaban J connectivity index is 2.87. The predicted octanol–water partition coefficient (Wildman–Crippen LogP) is 2.02. The summed E-state index contributed by atoms with van der Waals surface area (Å²) in [6, 6.07) is 3.46. The highest BCUT2D eigenvalue weighted by molar-refractivity contribution is 6.09. The fourth-order valence-electron chi connectivity index (χ4n) is 2.41. The zero-order chi connectivity index (χ0) is 15.0. The van der Waals surface area contributed by atoms with Crippen LogP contribution in [0, 0.1) is 12.3 Å². The third kappa shape index (κ3) is 2.14. The molecule has 0 saturated carbocycles. The van der Waals surface area contributed by atoms with E-state index in [0.29, 0.717) is 10.9 Å². The van der Waals surface area contributed by atoms with Gasteiger partial charge in [0.25, 0.3) is 0 Å². The van der Waals surface area contributed by atoms with Gasteiger partial charge in [0.05, 0.1) is 11.1 Å². The highest BCUT2D eigenvalue weighted by Crippen LogP contribution is 2.29. The van der Waals surface area contributed by atoms with Gasteiger partial charge in [0.2, 0.25) is 0 Å². The first kappa shape index (κ1) is 14.1. The summed E-state index contributed by atoms with van der Waals surface area (Å²) in [5.41, 5.74) is 4.60. The number of carbonyl (C=O) groups is 1. The molecule has 0 bridgehead atoms. The molecule has 0 aliphatic rings. The fraction of sp³-hybridized carbons (Fsp3) is 0.286. The quantitative estimate of drug-likeness (QED) is 0.297. The van der Waals surface area contributed by atoms with Crippen molar-refractivity contribution >= 4 is 22.7 Å². The van der Waals surface area contributed by atoms with E-state index in [1.807, 2.05) is 31.5 Å². The van der Waals surface area contributed by atoms with Gasteiger partial charge in [-0.2, -0.15) is 0 Å². The molecule has 5 N–H and O–H groups in total. The van der Waals surface area contributed by atoms with Gasteiger partial charge in [-0.1, -0.05) is 0 Å². The maximum absolute atomic E-state index is 11.5. The molecule has 1 heterocycles. The molecule has 2 rings (SSSR count). The Hall–Kier alpha value is -2.34. The molecule has 0 fully saturated rings. The minimum atomic E-state index is -1.01. The van der Waals surface area contributed by atoms with Crippen molar-refractivity contribution < 1.29 is 9.90 Å². The maximum atomic E-state index is 11.5. The van der Waals surface area contributed by atoms with Gasteiger partial charge >= 0.3 is 5.97 Å². The lowest BCUT2D eigenvalue weighted by Crippen LogP contribution is -2.30. The Morgan fingerprint density at radius 1 is 1.45 bits per heavy atom. The molecule has 2 aromatic rings. The molecule has 0 radical (unpaired) electrons. The molecule has 0 aliphatic heterocycles. The largest absolute Gasteiger partial charge is 0.478 e. The molecule has 0 amide bonds. The van der Waals surface area contributed by atoms with Crippen molar-refractivity contribution in [1.29, 1.82) is 5.41 Å². The summed E-state index contributed by atoms with van der Waals surface area (Å²) in [5, 5.41) is 17.8. The van der Waals surface area contributed by atoms with Crippen LogP contribution in [-0.2, 0) is 0 Å². The van der Waals surface area contributed by atoms with Crippen LogP contribution < -0.4 is 11.3 Å². The van der Waals surface area contributed by atoms with Crippen LogP contribution >= 0.6 is 0 Å². The third-order valence-corrected chi connectivity index (χ3v) is 3.34. The van der Waals surface area contributed by atoms with Crippen LogP contribution in [0.1, 0.15) is 41.4 Å². The summed E-state index contributed by atoms with van der Waals surface area (Å²) in [6.07, 6.45) is 1.94. The first-order chi connectivity index (χ1) is 9.36. The van der Waals surface area contributed by atoms with Crippen LogP contribution in [0.25, 0.3) is 10.9 Å². The molecular weight excluding hydrogens is 256 g/mol. The first-order valence-electron chi connectivity index (χ1n) is 6.30. The van der Waals surface area contributed by atoms with Crippen LogP contribution in [0.15, 0.2) is 18.3 Å². The predicted molar refractivity (Wildman–Crippen MR) is 78.2 cm³/mol. The zero-order valence-electron chi connectivity index (χ0n) is 11.7. The number of nitrogens with zero attached hydrogens (tertiary/aromatic N) is 1. The molecule has 1 aromatic carbocycles. The van der Waals surface area contributed by atoms with E-state index in [1.165, 1.54) is 6.07 Å². The molecule has 0 aliphatic carbocycles. The van der Waals surface area contributed by atoms with Crippen LogP contribution in [0.2, 0.25) is 0 Å². The number of aromatic nitrogens is 1. The maximum Gasteiger partial charge on any atom is 0.336 e. The van der Waals surface area contributed by atoms with Gasteiger partial charge < -0.3 is 15.1 Å². The Kier molecular flexibility index (Phi) is 3.50. The minimum absolute atomic E-state index is 0.0106. The molecule has 6 heteroatoms. The van der Waals surface area contributed by atoms with E-state index < -0.39 is 5.97 Å². The molecule has 0 atom stereocenters. The number of hydrazine groups is 1.